The minimum absolute atomic E-state index is 0.0646. The van der Waals surface area contributed by atoms with Gasteiger partial charge in [0.05, 0.1) is 25.7 Å². The molecule has 0 aliphatic heterocycles. The maximum atomic E-state index is 14.8. The van der Waals surface area contributed by atoms with Crippen molar-refractivity contribution in [1.29, 1.82) is 0 Å². The highest BCUT2D eigenvalue weighted by Gasteiger charge is 2.40. The summed E-state index contributed by atoms with van der Waals surface area (Å²) in [4.78, 5) is 20.0. The molecule has 0 fully saturated rings. The molecule has 3 aromatic rings. The fourth-order valence-electron chi connectivity index (χ4n) is 2.77. The summed E-state index contributed by atoms with van der Waals surface area (Å²) in [6.07, 6.45) is -1.63. The number of benzene rings is 2. The van der Waals surface area contributed by atoms with Crippen LogP contribution >= 0.6 is 46.4 Å². The Hall–Kier alpha value is -2.59. The van der Waals surface area contributed by atoms with Crippen LogP contribution in [-0.4, -0.2) is 22.1 Å². The number of carbonyl (C=O) groups is 1. The van der Waals surface area contributed by atoms with Crippen LogP contribution in [-0.2, 0) is 0 Å². The maximum Gasteiger partial charge on any atom is 0.399 e. The summed E-state index contributed by atoms with van der Waals surface area (Å²) in [5.74, 6) is -4.20. The van der Waals surface area contributed by atoms with E-state index in [2.05, 4.69) is 20.8 Å². The molecule has 1 unspecified atom stereocenters. The number of anilines is 1. The smallest absolute Gasteiger partial charge is 0.267 e. The number of hydrogen-bond acceptors (Lipinski definition) is 4. The molecule has 5 nitrogen and oxygen atoms in total. The van der Waals surface area contributed by atoms with E-state index >= 15 is 0 Å². The van der Waals surface area contributed by atoms with E-state index in [0.29, 0.717) is 6.08 Å². The van der Waals surface area contributed by atoms with Crippen molar-refractivity contribution in [3.8, 4) is 0 Å². The number of allylic oxidation sites excluding steroid dienone is 1. The number of amides is 1. The molecule has 0 bridgehead atoms. The summed E-state index contributed by atoms with van der Waals surface area (Å²) >= 11 is 23.5. The monoisotopic (exact) mass is 552 g/mol. The van der Waals surface area contributed by atoms with E-state index in [-0.39, 0.29) is 37.2 Å². The molecular weight excluding hydrogens is 542 g/mol. The van der Waals surface area contributed by atoms with Crippen LogP contribution in [0.15, 0.2) is 54.9 Å². The van der Waals surface area contributed by atoms with E-state index in [0.717, 1.165) is 30.3 Å². The minimum Gasteiger partial charge on any atom is -0.267 e. The lowest BCUT2D eigenvalue weighted by molar-refractivity contribution is -0.139. The molecule has 0 saturated carbocycles. The van der Waals surface area contributed by atoms with Crippen LogP contribution in [0.2, 0.25) is 20.1 Å². The lowest BCUT2D eigenvalue weighted by Crippen LogP contribution is -2.30. The fraction of sp³-hybridized carbons (Fsp3) is 0.0952. The van der Waals surface area contributed by atoms with Crippen molar-refractivity contribution in [3.63, 3.8) is 0 Å². The van der Waals surface area contributed by atoms with Gasteiger partial charge in [0.15, 0.2) is 0 Å². The molecule has 2 aromatic carbocycles. The topological polar surface area (TPSA) is 66.9 Å². The van der Waals surface area contributed by atoms with Crippen LogP contribution in [0, 0.1) is 0 Å². The molecule has 1 amide bonds. The molecule has 3 rings (SSSR count). The van der Waals surface area contributed by atoms with Crippen molar-refractivity contribution >= 4 is 64.1 Å². The molecule has 1 atom stereocenters. The first-order valence-corrected chi connectivity index (χ1v) is 10.7. The Morgan fingerprint density at radius 2 is 1.59 bits per heavy atom. The predicted molar refractivity (Wildman–Crippen MR) is 124 cm³/mol. The molecular formula is C21H12Cl4F4N4O. The third-order valence-corrected chi connectivity index (χ3v) is 5.88. The van der Waals surface area contributed by atoms with Crippen molar-refractivity contribution in [2.24, 2.45) is 0 Å². The van der Waals surface area contributed by atoms with Gasteiger partial charge in [0.2, 0.25) is 5.95 Å². The van der Waals surface area contributed by atoms with Gasteiger partial charge < -0.3 is 0 Å². The lowest BCUT2D eigenvalue weighted by Gasteiger charge is -2.19. The van der Waals surface area contributed by atoms with E-state index in [9.17, 15) is 22.4 Å². The Kier molecular flexibility index (Phi) is 8.25. The third-order valence-electron chi connectivity index (χ3n) is 4.37. The van der Waals surface area contributed by atoms with Crippen LogP contribution in [0.1, 0.15) is 27.4 Å². The van der Waals surface area contributed by atoms with Crippen LogP contribution in [0.25, 0.3) is 5.83 Å². The zero-order valence-electron chi connectivity index (χ0n) is 16.6. The molecule has 1 heterocycles. The summed E-state index contributed by atoms with van der Waals surface area (Å²) < 4.78 is 55.9. The largest absolute Gasteiger partial charge is 0.399 e. The number of hydrazine groups is 1. The molecule has 178 valence electrons. The Labute approximate surface area is 210 Å². The standard InChI is InChI=1S/C21H12Cl4F4N4O/c22-14-6-10(2-3-12(14)19(34)32-33-20-30-4-1-5-31-20)17(26)9-13(21(27,28)29)11-7-15(23)18(25)16(24)8-11/h1-9,13H,(H,32,34)(H,30,31,33)/b17-9-. The summed E-state index contributed by atoms with van der Waals surface area (Å²) in [7, 11) is 0. The third kappa shape index (κ3) is 6.29. The van der Waals surface area contributed by atoms with Gasteiger partial charge in [-0.05, 0) is 42.0 Å². The number of nitrogens with one attached hydrogen (secondary N) is 2. The molecule has 0 spiro atoms. The second-order valence-electron chi connectivity index (χ2n) is 6.68. The summed E-state index contributed by atoms with van der Waals surface area (Å²) in [5, 5.41) is -0.734. The summed E-state index contributed by atoms with van der Waals surface area (Å²) in [6.45, 7) is 0. The van der Waals surface area contributed by atoms with Crippen molar-refractivity contribution in [2.75, 3.05) is 5.43 Å². The highest BCUT2D eigenvalue weighted by molar-refractivity contribution is 6.48. The highest BCUT2D eigenvalue weighted by atomic mass is 35.5. The van der Waals surface area contributed by atoms with Crippen LogP contribution in [0.3, 0.4) is 0 Å². The van der Waals surface area contributed by atoms with Gasteiger partial charge in [0, 0.05) is 18.0 Å². The normalized spacial score (nSPS) is 12.9. The minimum atomic E-state index is -4.87. The number of rotatable bonds is 6. The van der Waals surface area contributed by atoms with E-state index in [4.69, 9.17) is 46.4 Å². The highest BCUT2D eigenvalue weighted by Crippen LogP contribution is 2.42. The molecule has 1 aromatic heterocycles. The van der Waals surface area contributed by atoms with Crippen LogP contribution in [0.5, 0.6) is 0 Å². The van der Waals surface area contributed by atoms with Crippen molar-refractivity contribution in [2.45, 2.75) is 12.1 Å². The zero-order chi connectivity index (χ0) is 25.0. The number of aromatic nitrogens is 2. The number of carbonyl (C=O) groups excluding carboxylic acids is 1. The second kappa shape index (κ2) is 10.8. The van der Waals surface area contributed by atoms with E-state index in [1.54, 1.807) is 6.07 Å². The van der Waals surface area contributed by atoms with Crippen molar-refractivity contribution < 1.29 is 22.4 Å². The molecule has 0 aliphatic rings. The Morgan fingerprint density at radius 3 is 2.15 bits per heavy atom. The predicted octanol–water partition coefficient (Wildman–Crippen LogP) is 7.50. The van der Waals surface area contributed by atoms with E-state index < -0.39 is 29.4 Å². The summed E-state index contributed by atoms with van der Waals surface area (Å²) in [5.41, 5.74) is 4.02. The van der Waals surface area contributed by atoms with E-state index in [1.807, 2.05) is 0 Å². The average molecular weight is 554 g/mol. The Balaban J connectivity index is 1.86. The van der Waals surface area contributed by atoms with Crippen molar-refractivity contribution in [3.05, 3.63) is 91.6 Å². The van der Waals surface area contributed by atoms with Gasteiger partial charge in [-0.3, -0.25) is 15.6 Å². The van der Waals surface area contributed by atoms with Gasteiger partial charge >= 0.3 is 6.18 Å². The van der Waals surface area contributed by atoms with Gasteiger partial charge in [-0.1, -0.05) is 52.5 Å². The Bertz CT molecular complexity index is 1220. The quantitative estimate of drug-likeness (QED) is 0.188. The summed E-state index contributed by atoms with van der Waals surface area (Å²) in [6, 6.07) is 6.79. The maximum absolute atomic E-state index is 14.8. The number of nitrogens with zero attached hydrogens (tertiary/aromatic N) is 2. The second-order valence-corrected chi connectivity index (χ2v) is 8.28. The molecule has 0 aliphatic carbocycles. The van der Waals surface area contributed by atoms with Crippen molar-refractivity contribution in [1.82, 2.24) is 15.4 Å². The van der Waals surface area contributed by atoms with Crippen LogP contribution in [0.4, 0.5) is 23.5 Å². The lowest BCUT2D eigenvalue weighted by atomic mass is 9.96. The van der Waals surface area contributed by atoms with Gasteiger partial charge in [0.25, 0.3) is 5.91 Å². The zero-order valence-corrected chi connectivity index (χ0v) is 19.6. The van der Waals surface area contributed by atoms with Gasteiger partial charge in [0.1, 0.15) is 11.7 Å². The van der Waals surface area contributed by atoms with Gasteiger partial charge in [-0.2, -0.15) is 13.2 Å². The number of alkyl halides is 3. The number of halogens is 8. The van der Waals surface area contributed by atoms with Gasteiger partial charge in [-0.15, -0.1) is 0 Å². The van der Waals surface area contributed by atoms with Crippen LogP contribution < -0.4 is 10.9 Å². The first kappa shape index (κ1) is 26.0. The number of hydrogen-bond donors (Lipinski definition) is 2. The fourth-order valence-corrected chi connectivity index (χ4v) is 3.65. The van der Waals surface area contributed by atoms with Gasteiger partial charge in [-0.25, -0.2) is 14.4 Å². The molecule has 0 radical (unpaired) electrons. The molecule has 13 heteroatoms. The van der Waals surface area contributed by atoms with E-state index in [1.165, 1.54) is 12.4 Å². The first-order chi connectivity index (χ1) is 16.0. The molecule has 2 N–H and O–H groups in total. The molecule has 0 saturated heterocycles. The SMILES string of the molecule is O=C(NNc1ncccn1)c1ccc(/C(F)=C/C(c2cc(Cl)c(Cl)c(Cl)c2)C(F)(F)F)cc1Cl. The Morgan fingerprint density at radius 1 is 0.971 bits per heavy atom. The first-order valence-electron chi connectivity index (χ1n) is 9.19. The average Bonchev–Trinajstić information content (AvgIpc) is 2.78. The molecule has 34 heavy (non-hydrogen) atoms.